The molecule has 1 aliphatic carbocycles. The molecule has 0 saturated heterocycles. The first-order chi connectivity index (χ1) is 13.5. The second-order valence-electron chi connectivity index (χ2n) is 8.44. The highest BCUT2D eigenvalue weighted by Gasteiger charge is 2.47. The summed E-state index contributed by atoms with van der Waals surface area (Å²) in [7, 11) is 1.66. The second-order valence-corrected chi connectivity index (χ2v) is 8.44. The zero-order valence-corrected chi connectivity index (χ0v) is 16.6. The Morgan fingerprint density at radius 3 is 2.54 bits per heavy atom. The van der Waals surface area contributed by atoms with Crippen LogP contribution in [0.1, 0.15) is 45.1 Å². The van der Waals surface area contributed by atoms with E-state index in [0.717, 1.165) is 52.3 Å². The van der Waals surface area contributed by atoms with E-state index >= 15 is 0 Å². The molecule has 1 N–H and O–H groups in total. The van der Waals surface area contributed by atoms with Crippen molar-refractivity contribution in [3.05, 3.63) is 42.0 Å². The summed E-state index contributed by atoms with van der Waals surface area (Å²) in [6, 6.07) is 12.4. The first-order valence-electron chi connectivity index (χ1n) is 10.0. The van der Waals surface area contributed by atoms with Gasteiger partial charge in [0.15, 0.2) is 0 Å². The van der Waals surface area contributed by atoms with Crippen molar-refractivity contribution in [3.63, 3.8) is 0 Å². The molecule has 1 saturated carbocycles. The fourth-order valence-electron chi connectivity index (χ4n) is 4.68. The molecular weight excluding hydrogens is 350 g/mol. The van der Waals surface area contributed by atoms with Crippen molar-refractivity contribution in [3.8, 4) is 17.1 Å². The van der Waals surface area contributed by atoms with Crippen molar-refractivity contribution >= 4 is 22.6 Å². The van der Waals surface area contributed by atoms with Gasteiger partial charge >= 0.3 is 0 Å². The van der Waals surface area contributed by atoms with E-state index in [-0.39, 0.29) is 5.91 Å². The van der Waals surface area contributed by atoms with Crippen LogP contribution in [0.2, 0.25) is 0 Å². The van der Waals surface area contributed by atoms with Crippen LogP contribution in [-0.4, -0.2) is 29.0 Å². The molecule has 2 heterocycles. The normalized spacial score (nSPS) is 18.8. The van der Waals surface area contributed by atoms with Crippen LogP contribution in [0, 0.1) is 0 Å². The van der Waals surface area contributed by atoms with Crippen LogP contribution in [0.25, 0.3) is 22.4 Å². The molecule has 2 aromatic carbocycles. The van der Waals surface area contributed by atoms with Gasteiger partial charge in [0.2, 0.25) is 5.91 Å². The van der Waals surface area contributed by atoms with E-state index in [9.17, 15) is 4.79 Å². The average Bonchev–Trinajstić information content (AvgIpc) is 3.40. The highest BCUT2D eigenvalue weighted by atomic mass is 16.5. The number of amides is 1. The Balaban J connectivity index is 1.61. The van der Waals surface area contributed by atoms with E-state index in [4.69, 9.17) is 9.72 Å². The number of rotatable bonds is 3. The molecule has 5 nitrogen and oxygen atoms in total. The summed E-state index contributed by atoms with van der Waals surface area (Å²) >= 11 is 0. The van der Waals surface area contributed by atoms with Crippen molar-refractivity contribution in [2.24, 2.45) is 0 Å². The van der Waals surface area contributed by atoms with Crippen molar-refractivity contribution in [2.75, 3.05) is 12.0 Å². The molecule has 5 heteroatoms. The number of benzene rings is 2. The minimum Gasteiger partial charge on any atom is -0.497 e. The van der Waals surface area contributed by atoms with Gasteiger partial charge in [0, 0.05) is 11.6 Å². The Labute approximate surface area is 164 Å². The molecule has 1 aliphatic heterocycles. The molecule has 1 aromatic heterocycles. The number of aromatic nitrogens is 2. The molecule has 1 fully saturated rings. The SMILES string of the molecule is COc1ccc(-c2nc3cc4c(cc3[nH]2)C(C)(C)C(=O)N4C2CCCC2)cc1. The van der Waals surface area contributed by atoms with Crippen LogP contribution < -0.4 is 9.64 Å². The van der Waals surface area contributed by atoms with Gasteiger partial charge in [-0.3, -0.25) is 4.79 Å². The second kappa shape index (κ2) is 6.09. The van der Waals surface area contributed by atoms with E-state index in [2.05, 4.69) is 22.0 Å². The average molecular weight is 375 g/mol. The third kappa shape index (κ3) is 2.45. The first kappa shape index (κ1) is 17.3. The number of hydrogen-bond donors (Lipinski definition) is 1. The molecule has 0 unspecified atom stereocenters. The molecule has 3 aromatic rings. The van der Waals surface area contributed by atoms with Crippen LogP contribution in [0.15, 0.2) is 36.4 Å². The molecule has 0 bridgehead atoms. The van der Waals surface area contributed by atoms with Crippen molar-refractivity contribution in [2.45, 2.75) is 51.0 Å². The highest BCUT2D eigenvalue weighted by molar-refractivity contribution is 6.10. The fourth-order valence-corrected chi connectivity index (χ4v) is 4.68. The topological polar surface area (TPSA) is 58.2 Å². The number of methoxy groups -OCH3 is 1. The molecule has 5 rings (SSSR count). The molecule has 28 heavy (non-hydrogen) atoms. The summed E-state index contributed by atoms with van der Waals surface area (Å²) in [4.78, 5) is 23.5. The van der Waals surface area contributed by atoms with E-state index in [1.807, 2.05) is 38.1 Å². The number of ether oxygens (including phenoxy) is 1. The molecule has 0 atom stereocenters. The van der Waals surface area contributed by atoms with Gasteiger partial charge in [-0.05, 0) is 68.7 Å². The van der Waals surface area contributed by atoms with E-state index in [1.165, 1.54) is 12.8 Å². The third-order valence-corrected chi connectivity index (χ3v) is 6.34. The fraction of sp³-hybridized carbons (Fsp3) is 0.391. The lowest BCUT2D eigenvalue weighted by Gasteiger charge is -2.26. The number of fused-ring (bicyclic) bond motifs is 2. The zero-order valence-electron chi connectivity index (χ0n) is 16.6. The Hall–Kier alpha value is -2.82. The van der Waals surface area contributed by atoms with E-state index < -0.39 is 5.41 Å². The van der Waals surface area contributed by atoms with Crippen LogP contribution in [0.5, 0.6) is 5.75 Å². The number of aromatic amines is 1. The number of H-pyrrole nitrogens is 1. The molecular formula is C23H25N3O2. The van der Waals surface area contributed by atoms with Crippen LogP contribution in [-0.2, 0) is 10.2 Å². The third-order valence-electron chi connectivity index (χ3n) is 6.34. The largest absolute Gasteiger partial charge is 0.497 e. The summed E-state index contributed by atoms with van der Waals surface area (Å²) in [5.41, 5.74) is 4.53. The van der Waals surface area contributed by atoms with Gasteiger partial charge in [0.25, 0.3) is 0 Å². The maximum atomic E-state index is 13.2. The number of nitrogens with one attached hydrogen (secondary N) is 1. The summed E-state index contributed by atoms with van der Waals surface area (Å²) < 4.78 is 5.24. The lowest BCUT2D eigenvalue weighted by molar-refractivity contribution is -0.122. The van der Waals surface area contributed by atoms with E-state index in [1.54, 1.807) is 7.11 Å². The molecule has 144 valence electrons. The standard InChI is InChI=1S/C23H25N3O2/c1-23(2)17-12-18-19(13-20(17)26(22(23)27)15-6-4-5-7-15)25-21(24-18)14-8-10-16(28-3)11-9-14/h8-13,15H,4-7H2,1-3H3,(H,24,25). The maximum absolute atomic E-state index is 13.2. The number of nitrogens with zero attached hydrogens (tertiary/aromatic N) is 2. The molecule has 1 amide bonds. The van der Waals surface area contributed by atoms with Gasteiger partial charge in [-0.15, -0.1) is 0 Å². The van der Waals surface area contributed by atoms with Crippen molar-refractivity contribution in [1.82, 2.24) is 9.97 Å². The Morgan fingerprint density at radius 2 is 1.86 bits per heavy atom. The summed E-state index contributed by atoms with van der Waals surface area (Å²) in [5, 5.41) is 0. The maximum Gasteiger partial charge on any atom is 0.237 e. The van der Waals surface area contributed by atoms with E-state index in [0.29, 0.717) is 6.04 Å². The van der Waals surface area contributed by atoms with Crippen molar-refractivity contribution in [1.29, 1.82) is 0 Å². The minimum atomic E-state index is -0.502. The molecule has 0 spiro atoms. The van der Waals surface area contributed by atoms with Gasteiger partial charge in [-0.25, -0.2) is 4.98 Å². The van der Waals surface area contributed by atoms with Crippen LogP contribution >= 0.6 is 0 Å². The van der Waals surface area contributed by atoms with Crippen molar-refractivity contribution < 1.29 is 9.53 Å². The summed E-state index contributed by atoms with van der Waals surface area (Å²) in [5.74, 6) is 1.88. The Morgan fingerprint density at radius 1 is 1.14 bits per heavy atom. The first-order valence-corrected chi connectivity index (χ1v) is 10.0. The van der Waals surface area contributed by atoms with Crippen LogP contribution in [0.3, 0.4) is 0 Å². The van der Waals surface area contributed by atoms with Gasteiger partial charge in [-0.2, -0.15) is 0 Å². The quantitative estimate of drug-likeness (QED) is 0.715. The van der Waals surface area contributed by atoms with Gasteiger partial charge in [0.1, 0.15) is 11.6 Å². The minimum absolute atomic E-state index is 0.220. The number of carbonyl (C=O) groups excluding carboxylic acids is 1. The van der Waals surface area contributed by atoms with Crippen LogP contribution in [0.4, 0.5) is 5.69 Å². The Bertz CT molecular complexity index is 1060. The number of imidazole rings is 1. The van der Waals surface area contributed by atoms with Gasteiger partial charge < -0.3 is 14.6 Å². The number of anilines is 1. The van der Waals surface area contributed by atoms with Gasteiger partial charge in [-0.1, -0.05) is 12.8 Å². The smallest absolute Gasteiger partial charge is 0.237 e. The summed E-state index contributed by atoms with van der Waals surface area (Å²) in [6.45, 7) is 4.07. The lowest BCUT2D eigenvalue weighted by Crippen LogP contribution is -2.41. The molecule has 0 radical (unpaired) electrons. The monoisotopic (exact) mass is 375 g/mol. The predicted octanol–water partition coefficient (Wildman–Crippen LogP) is 4.81. The predicted molar refractivity (Wildman–Crippen MR) is 111 cm³/mol. The molecule has 2 aliphatic rings. The zero-order chi connectivity index (χ0) is 19.5. The Kier molecular flexibility index (Phi) is 3.76. The lowest BCUT2D eigenvalue weighted by atomic mass is 9.86. The van der Waals surface area contributed by atoms with Gasteiger partial charge in [0.05, 0.1) is 29.2 Å². The summed E-state index contributed by atoms with van der Waals surface area (Å²) in [6.07, 6.45) is 4.60. The highest BCUT2D eigenvalue weighted by Crippen LogP contribution is 2.46. The number of carbonyl (C=O) groups is 1. The number of hydrogen-bond acceptors (Lipinski definition) is 3.